The van der Waals surface area contributed by atoms with E-state index in [4.69, 9.17) is 4.74 Å². The smallest absolute Gasteiger partial charge is 0.248 e. The van der Waals surface area contributed by atoms with E-state index < -0.39 is 15.4 Å². The molecule has 148 valence electrons. The van der Waals surface area contributed by atoms with Crippen LogP contribution in [-0.2, 0) is 24.3 Å². The van der Waals surface area contributed by atoms with E-state index in [2.05, 4.69) is 0 Å². The highest BCUT2D eigenvalue weighted by atomic mass is 32.2. The van der Waals surface area contributed by atoms with Gasteiger partial charge in [0.2, 0.25) is 21.8 Å². The first-order chi connectivity index (χ1) is 12.2. The molecule has 3 aliphatic rings. The van der Waals surface area contributed by atoms with Crippen LogP contribution in [0.1, 0.15) is 26.2 Å². The Balaban J connectivity index is 1.89. The number of carbonyl (C=O) groups is 2. The molecule has 0 N–H and O–H groups in total. The molecule has 0 aromatic carbocycles. The highest BCUT2D eigenvalue weighted by molar-refractivity contribution is 7.88. The second-order valence-electron chi connectivity index (χ2n) is 7.84. The van der Waals surface area contributed by atoms with Gasteiger partial charge in [0.05, 0.1) is 11.7 Å². The summed E-state index contributed by atoms with van der Waals surface area (Å²) in [6.45, 7) is 5.07. The zero-order valence-electron chi connectivity index (χ0n) is 15.9. The fourth-order valence-electron chi connectivity index (χ4n) is 5.06. The number of nitrogens with zero attached hydrogens (tertiary/aromatic N) is 3. The predicted octanol–water partition coefficient (Wildman–Crippen LogP) is -0.245. The first-order valence-electron chi connectivity index (χ1n) is 9.20. The molecule has 9 heteroatoms. The minimum absolute atomic E-state index is 0.0517. The van der Waals surface area contributed by atoms with E-state index in [9.17, 15) is 18.0 Å². The number of hydrogen-bond acceptors (Lipinski definition) is 5. The van der Waals surface area contributed by atoms with E-state index in [1.165, 1.54) is 17.7 Å². The molecule has 0 aromatic heterocycles. The number of rotatable bonds is 4. The van der Waals surface area contributed by atoms with Crippen molar-refractivity contribution in [1.29, 1.82) is 0 Å². The van der Waals surface area contributed by atoms with E-state index in [0.29, 0.717) is 52.0 Å². The lowest BCUT2D eigenvalue weighted by molar-refractivity contribution is -0.145. The van der Waals surface area contributed by atoms with Gasteiger partial charge >= 0.3 is 0 Å². The number of fused-ring (bicyclic) bond motifs is 1. The zero-order valence-corrected chi connectivity index (χ0v) is 16.7. The maximum absolute atomic E-state index is 13.2. The molecule has 26 heavy (non-hydrogen) atoms. The van der Waals surface area contributed by atoms with Crippen molar-refractivity contribution in [3.63, 3.8) is 0 Å². The molecule has 8 nitrogen and oxygen atoms in total. The van der Waals surface area contributed by atoms with Crippen molar-refractivity contribution in [3.05, 3.63) is 0 Å². The number of methoxy groups -OCH3 is 1. The largest absolute Gasteiger partial charge is 0.375 e. The maximum atomic E-state index is 13.2. The number of amides is 2. The molecule has 3 saturated heterocycles. The van der Waals surface area contributed by atoms with Crippen LogP contribution in [0.2, 0.25) is 0 Å². The Morgan fingerprint density at radius 3 is 2.31 bits per heavy atom. The molecule has 0 saturated carbocycles. The first kappa shape index (κ1) is 19.6. The molecule has 3 aliphatic heterocycles. The van der Waals surface area contributed by atoms with Gasteiger partial charge in [-0.05, 0) is 26.2 Å². The van der Waals surface area contributed by atoms with E-state index in [-0.39, 0.29) is 30.4 Å². The van der Waals surface area contributed by atoms with Crippen LogP contribution in [-0.4, -0.2) is 93.6 Å². The van der Waals surface area contributed by atoms with Gasteiger partial charge in [0, 0.05) is 51.8 Å². The third-order valence-corrected chi connectivity index (χ3v) is 7.83. The summed E-state index contributed by atoms with van der Waals surface area (Å²) < 4.78 is 30.9. The highest BCUT2D eigenvalue weighted by Crippen LogP contribution is 2.58. The summed E-state index contributed by atoms with van der Waals surface area (Å²) in [6, 6.07) is 0. The van der Waals surface area contributed by atoms with E-state index in [1.54, 1.807) is 4.90 Å². The molecule has 0 radical (unpaired) electrons. The van der Waals surface area contributed by atoms with Gasteiger partial charge in [-0.15, -0.1) is 0 Å². The summed E-state index contributed by atoms with van der Waals surface area (Å²) in [5.41, 5.74) is -1.04. The van der Waals surface area contributed by atoms with Crippen LogP contribution in [0, 0.1) is 10.8 Å². The second kappa shape index (κ2) is 6.76. The van der Waals surface area contributed by atoms with Crippen molar-refractivity contribution in [2.45, 2.75) is 26.2 Å². The highest BCUT2D eigenvalue weighted by Gasteiger charge is 2.66. The minimum Gasteiger partial charge on any atom is -0.375 e. The SMILES string of the molecule is CCN1CC[C@]2(CN(S(C)(=O)=O)CC23CCN(C(=O)COC)CC3)C1=O. The standard InChI is InChI=1S/C17H29N3O5S/c1-4-18-10-7-17(15(18)22)13-20(26(3,23)24)12-16(17)5-8-19(9-6-16)14(21)11-25-2/h4-13H2,1-3H3/t17-/m0/s1. The van der Waals surface area contributed by atoms with Gasteiger partial charge in [-0.3, -0.25) is 9.59 Å². The van der Waals surface area contributed by atoms with Crippen molar-refractivity contribution < 1.29 is 22.7 Å². The van der Waals surface area contributed by atoms with Crippen LogP contribution < -0.4 is 0 Å². The lowest BCUT2D eigenvalue weighted by Gasteiger charge is -2.46. The van der Waals surface area contributed by atoms with Crippen molar-refractivity contribution in [1.82, 2.24) is 14.1 Å². The number of carbonyl (C=O) groups excluding carboxylic acids is 2. The van der Waals surface area contributed by atoms with Gasteiger partial charge in [-0.25, -0.2) is 12.7 Å². The Hall–Kier alpha value is -1.19. The van der Waals surface area contributed by atoms with Crippen molar-refractivity contribution >= 4 is 21.8 Å². The van der Waals surface area contributed by atoms with Crippen LogP contribution in [0.25, 0.3) is 0 Å². The molecule has 1 atom stereocenters. The Labute approximate surface area is 155 Å². The third kappa shape index (κ3) is 2.93. The maximum Gasteiger partial charge on any atom is 0.248 e. The summed E-state index contributed by atoms with van der Waals surface area (Å²) in [4.78, 5) is 29.0. The topological polar surface area (TPSA) is 87.2 Å². The zero-order chi connectivity index (χ0) is 19.2. The van der Waals surface area contributed by atoms with Crippen LogP contribution in [0.15, 0.2) is 0 Å². The Morgan fingerprint density at radius 2 is 1.81 bits per heavy atom. The first-order valence-corrected chi connectivity index (χ1v) is 11.1. The van der Waals surface area contributed by atoms with Gasteiger partial charge in [0.15, 0.2) is 0 Å². The molecular formula is C17H29N3O5S. The molecule has 0 aromatic rings. The van der Waals surface area contributed by atoms with Gasteiger partial charge in [-0.1, -0.05) is 0 Å². The quantitative estimate of drug-likeness (QED) is 0.664. The fraction of sp³-hybridized carbons (Fsp3) is 0.882. The van der Waals surface area contributed by atoms with Gasteiger partial charge in [0.25, 0.3) is 0 Å². The predicted molar refractivity (Wildman–Crippen MR) is 95.8 cm³/mol. The summed E-state index contributed by atoms with van der Waals surface area (Å²) in [7, 11) is -1.87. The molecule has 3 rings (SSSR count). The van der Waals surface area contributed by atoms with Crippen molar-refractivity contribution in [2.24, 2.45) is 10.8 Å². The number of likely N-dealkylation sites (tertiary alicyclic amines) is 2. The molecule has 0 aliphatic carbocycles. The molecule has 2 amide bonds. The summed E-state index contributed by atoms with van der Waals surface area (Å²) in [5.74, 6) is 0.0325. The molecule has 0 unspecified atom stereocenters. The fourth-order valence-corrected chi connectivity index (χ4v) is 6.00. The van der Waals surface area contributed by atoms with Gasteiger partial charge in [-0.2, -0.15) is 0 Å². The summed E-state index contributed by atoms with van der Waals surface area (Å²) in [5, 5.41) is 0. The summed E-state index contributed by atoms with van der Waals surface area (Å²) >= 11 is 0. The number of sulfonamides is 1. The molecule has 3 heterocycles. The van der Waals surface area contributed by atoms with Crippen molar-refractivity contribution in [3.8, 4) is 0 Å². The second-order valence-corrected chi connectivity index (χ2v) is 9.82. The van der Waals surface area contributed by atoms with Crippen LogP contribution in [0.4, 0.5) is 0 Å². The van der Waals surface area contributed by atoms with Crippen molar-refractivity contribution in [2.75, 3.05) is 59.2 Å². The number of ether oxygens (including phenoxy) is 1. The van der Waals surface area contributed by atoms with Crippen LogP contribution >= 0.6 is 0 Å². The molecular weight excluding hydrogens is 358 g/mol. The third-order valence-electron chi connectivity index (χ3n) is 6.64. The molecule has 0 bridgehead atoms. The Kier molecular flexibility index (Phi) is 5.09. The normalized spacial score (nSPS) is 29.3. The lowest BCUT2D eigenvalue weighted by Crippen LogP contribution is -2.54. The monoisotopic (exact) mass is 387 g/mol. The van der Waals surface area contributed by atoms with E-state index in [1.807, 2.05) is 11.8 Å². The Bertz CT molecular complexity index is 687. The molecule has 2 spiro atoms. The van der Waals surface area contributed by atoms with E-state index in [0.717, 1.165) is 0 Å². The summed E-state index contributed by atoms with van der Waals surface area (Å²) in [6.07, 6.45) is 3.21. The van der Waals surface area contributed by atoms with Crippen LogP contribution in [0.5, 0.6) is 0 Å². The average Bonchev–Trinajstić information content (AvgIpc) is 3.08. The van der Waals surface area contributed by atoms with Gasteiger partial charge < -0.3 is 14.5 Å². The lowest BCUT2D eigenvalue weighted by atomic mass is 9.60. The average molecular weight is 388 g/mol. The number of hydrogen-bond donors (Lipinski definition) is 0. The Morgan fingerprint density at radius 1 is 1.15 bits per heavy atom. The van der Waals surface area contributed by atoms with Gasteiger partial charge in [0.1, 0.15) is 6.61 Å². The van der Waals surface area contributed by atoms with E-state index >= 15 is 0 Å². The number of piperidine rings is 1. The van der Waals surface area contributed by atoms with Crippen LogP contribution in [0.3, 0.4) is 0 Å². The molecule has 3 fully saturated rings. The minimum atomic E-state index is -3.37.